The Hall–Kier alpha value is -1.53. The number of carbonyl (C=O) groups excluding carboxylic acids is 1. The summed E-state index contributed by atoms with van der Waals surface area (Å²) in [6.45, 7) is 3.89. The van der Waals surface area contributed by atoms with Crippen molar-refractivity contribution in [1.29, 1.82) is 0 Å². The summed E-state index contributed by atoms with van der Waals surface area (Å²) >= 11 is 0. The van der Waals surface area contributed by atoms with Crippen molar-refractivity contribution in [1.82, 2.24) is 20.0 Å². The van der Waals surface area contributed by atoms with Gasteiger partial charge in [0, 0.05) is 19.6 Å². The third-order valence-corrected chi connectivity index (χ3v) is 3.29. The summed E-state index contributed by atoms with van der Waals surface area (Å²) in [5.74, 6) is -0.0745. The van der Waals surface area contributed by atoms with Gasteiger partial charge in [0.15, 0.2) is 0 Å². The van der Waals surface area contributed by atoms with Crippen LogP contribution in [0.4, 0.5) is 0 Å². The van der Waals surface area contributed by atoms with E-state index in [-0.39, 0.29) is 18.6 Å². The first-order chi connectivity index (χ1) is 8.63. The number of aryl methyl sites for hydroxylation is 1. The van der Waals surface area contributed by atoms with Crippen LogP contribution >= 0.6 is 0 Å². The van der Waals surface area contributed by atoms with Crippen molar-refractivity contribution >= 4 is 5.91 Å². The van der Waals surface area contributed by atoms with Crippen molar-refractivity contribution < 1.29 is 9.90 Å². The van der Waals surface area contributed by atoms with E-state index in [0.717, 1.165) is 6.54 Å². The number of amides is 1. The van der Waals surface area contributed by atoms with Gasteiger partial charge >= 0.3 is 0 Å². The van der Waals surface area contributed by atoms with E-state index < -0.39 is 0 Å². The molecule has 0 saturated carbocycles. The number of rotatable bonds is 2. The van der Waals surface area contributed by atoms with E-state index in [1.165, 1.54) is 6.20 Å². The molecule has 1 unspecified atom stereocenters. The molecule has 0 bridgehead atoms. The minimum atomic E-state index is -0.149. The third-order valence-electron chi connectivity index (χ3n) is 3.29. The van der Waals surface area contributed by atoms with Gasteiger partial charge in [-0.05, 0) is 20.0 Å². The van der Waals surface area contributed by atoms with E-state index in [9.17, 15) is 9.90 Å². The fraction of sp³-hybridized carbons (Fsp3) is 0.583. The van der Waals surface area contributed by atoms with E-state index in [1.807, 2.05) is 7.05 Å². The average Bonchev–Trinajstić information content (AvgIpc) is 2.38. The molecule has 1 aliphatic heterocycles. The molecule has 1 aliphatic rings. The number of carbonyl (C=O) groups is 1. The van der Waals surface area contributed by atoms with Crippen molar-refractivity contribution in [2.45, 2.75) is 13.0 Å². The first-order valence-corrected chi connectivity index (χ1v) is 6.02. The predicted molar refractivity (Wildman–Crippen MR) is 66.2 cm³/mol. The van der Waals surface area contributed by atoms with Crippen molar-refractivity contribution in [3.63, 3.8) is 0 Å². The SMILES string of the molecule is Cc1nnccc1C(=O)N1CCN(C)CC1CO. The van der Waals surface area contributed by atoms with Crippen LogP contribution in [-0.2, 0) is 0 Å². The molecule has 0 aromatic carbocycles. The smallest absolute Gasteiger partial charge is 0.256 e. The van der Waals surface area contributed by atoms with Gasteiger partial charge in [-0.2, -0.15) is 10.2 Å². The monoisotopic (exact) mass is 250 g/mol. The van der Waals surface area contributed by atoms with E-state index in [0.29, 0.717) is 24.3 Å². The average molecular weight is 250 g/mol. The van der Waals surface area contributed by atoms with E-state index in [2.05, 4.69) is 15.1 Å². The van der Waals surface area contributed by atoms with Crippen LogP contribution in [0.25, 0.3) is 0 Å². The van der Waals surface area contributed by atoms with Crippen LogP contribution < -0.4 is 0 Å². The van der Waals surface area contributed by atoms with E-state index in [1.54, 1.807) is 17.9 Å². The van der Waals surface area contributed by atoms with Crippen LogP contribution in [0, 0.1) is 6.92 Å². The zero-order valence-corrected chi connectivity index (χ0v) is 10.7. The maximum absolute atomic E-state index is 12.4. The summed E-state index contributed by atoms with van der Waals surface area (Å²) in [5, 5.41) is 17.0. The molecule has 6 heteroatoms. The molecule has 1 aromatic rings. The lowest BCUT2D eigenvalue weighted by molar-refractivity contribution is 0.0355. The molecule has 1 aromatic heterocycles. The van der Waals surface area contributed by atoms with Crippen LogP contribution in [0.1, 0.15) is 16.1 Å². The molecule has 6 nitrogen and oxygen atoms in total. The van der Waals surface area contributed by atoms with Gasteiger partial charge < -0.3 is 14.9 Å². The molecule has 18 heavy (non-hydrogen) atoms. The van der Waals surface area contributed by atoms with Gasteiger partial charge in [0.25, 0.3) is 5.91 Å². The lowest BCUT2D eigenvalue weighted by Crippen LogP contribution is -2.55. The van der Waals surface area contributed by atoms with Crippen LogP contribution in [-0.4, -0.2) is 70.3 Å². The molecular weight excluding hydrogens is 232 g/mol. The van der Waals surface area contributed by atoms with Crippen LogP contribution in [0.2, 0.25) is 0 Å². The molecule has 0 aliphatic carbocycles. The number of aliphatic hydroxyl groups is 1. The molecule has 98 valence electrons. The van der Waals surface area contributed by atoms with Gasteiger partial charge in [0.1, 0.15) is 0 Å². The lowest BCUT2D eigenvalue weighted by Gasteiger charge is -2.39. The minimum absolute atomic E-state index is 0.0202. The number of hydrogen-bond acceptors (Lipinski definition) is 5. The third kappa shape index (κ3) is 2.49. The quantitative estimate of drug-likeness (QED) is 0.768. The highest BCUT2D eigenvalue weighted by molar-refractivity contribution is 5.95. The second-order valence-electron chi connectivity index (χ2n) is 4.63. The van der Waals surface area contributed by atoms with Gasteiger partial charge in [-0.25, -0.2) is 0 Å². The molecule has 1 fully saturated rings. The van der Waals surface area contributed by atoms with Gasteiger partial charge in [-0.15, -0.1) is 0 Å². The molecule has 0 spiro atoms. The number of piperazine rings is 1. The Balaban J connectivity index is 2.20. The molecule has 1 amide bonds. The Kier molecular flexibility index (Phi) is 3.88. The summed E-state index contributed by atoms with van der Waals surface area (Å²) in [6.07, 6.45) is 1.52. The minimum Gasteiger partial charge on any atom is -0.394 e. The maximum Gasteiger partial charge on any atom is 0.256 e. The summed E-state index contributed by atoms with van der Waals surface area (Å²) in [6, 6.07) is 1.53. The molecule has 0 radical (unpaired) electrons. The molecule has 2 rings (SSSR count). The van der Waals surface area contributed by atoms with Crippen molar-refractivity contribution in [3.05, 3.63) is 23.5 Å². The Morgan fingerprint density at radius 3 is 3.00 bits per heavy atom. The molecular formula is C12H18N4O2. The van der Waals surface area contributed by atoms with Crippen molar-refractivity contribution in [2.24, 2.45) is 0 Å². The molecule has 1 saturated heterocycles. The van der Waals surface area contributed by atoms with Gasteiger partial charge in [0.05, 0.1) is 30.1 Å². The van der Waals surface area contributed by atoms with Gasteiger partial charge in [0.2, 0.25) is 0 Å². The predicted octanol–water partition coefficient (Wildman–Crippen LogP) is -0.466. The number of likely N-dealkylation sites (N-methyl/N-ethyl adjacent to an activating group) is 1. The molecule has 2 heterocycles. The second kappa shape index (κ2) is 5.41. The number of aliphatic hydroxyl groups excluding tert-OH is 1. The first-order valence-electron chi connectivity index (χ1n) is 6.02. The highest BCUT2D eigenvalue weighted by Gasteiger charge is 2.29. The Morgan fingerprint density at radius 2 is 2.33 bits per heavy atom. The highest BCUT2D eigenvalue weighted by Crippen LogP contribution is 2.14. The number of aromatic nitrogens is 2. The highest BCUT2D eigenvalue weighted by atomic mass is 16.3. The summed E-state index contributed by atoms with van der Waals surface area (Å²) in [4.78, 5) is 16.3. The second-order valence-corrected chi connectivity index (χ2v) is 4.63. The zero-order valence-electron chi connectivity index (χ0n) is 10.7. The largest absolute Gasteiger partial charge is 0.394 e. The van der Waals surface area contributed by atoms with Gasteiger partial charge in [-0.1, -0.05) is 0 Å². The normalized spacial score (nSPS) is 21.1. The fourth-order valence-corrected chi connectivity index (χ4v) is 2.22. The summed E-state index contributed by atoms with van der Waals surface area (Å²) in [7, 11) is 1.99. The van der Waals surface area contributed by atoms with Crippen LogP contribution in [0.5, 0.6) is 0 Å². The van der Waals surface area contributed by atoms with E-state index >= 15 is 0 Å². The standard InChI is InChI=1S/C12H18N4O2/c1-9-11(3-4-13-14-9)12(18)16-6-5-15(2)7-10(16)8-17/h3-4,10,17H,5-8H2,1-2H3. The van der Waals surface area contributed by atoms with Crippen LogP contribution in [0.3, 0.4) is 0 Å². The summed E-state index contributed by atoms with van der Waals surface area (Å²) in [5.41, 5.74) is 1.19. The Bertz CT molecular complexity index is 438. The summed E-state index contributed by atoms with van der Waals surface area (Å²) < 4.78 is 0. The molecule has 1 N–H and O–H groups in total. The molecule has 1 atom stereocenters. The number of nitrogens with zero attached hydrogens (tertiary/aromatic N) is 4. The topological polar surface area (TPSA) is 69.6 Å². The van der Waals surface area contributed by atoms with Crippen molar-refractivity contribution in [2.75, 3.05) is 33.3 Å². The van der Waals surface area contributed by atoms with Crippen LogP contribution in [0.15, 0.2) is 12.3 Å². The maximum atomic E-state index is 12.4. The Labute approximate surface area is 106 Å². The lowest BCUT2D eigenvalue weighted by atomic mass is 10.1. The van der Waals surface area contributed by atoms with Crippen molar-refractivity contribution in [3.8, 4) is 0 Å². The first kappa shape index (κ1) is 12.9. The number of hydrogen-bond donors (Lipinski definition) is 1. The van der Waals surface area contributed by atoms with Gasteiger partial charge in [-0.3, -0.25) is 4.79 Å². The zero-order chi connectivity index (χ0) is 13.1. The Morgan fingerprint density at radius 1 is 1.56 bits per heavy atom. The fourth-order valence-electron chi connectivity index (χ4n) is 2.22. The van der Waals surface area contributed by atoms with E-state index in [4.69, 9.17) is 0 Å².